The van der Waals surface area contributed by atoms with Gasteiger partial charge in [0.05, 0.1) is 23.6 Å². The highest BCUT2D eigenvalue weighted by Gasteiger charge is 2.32. The number of benzene rings is 2. The van der Waals surface area contributed by atoms with Crippen molar-refractivity contribution < 1.29 is 18.3 Å². The van der Waals surface area contributed by atoms with E-state index in [1.807, 2.05) is 37.3 Å². The van der Waals surface area contributed by atoms with Gasteiger partial charge in [0.2, 0.25) is 10.0 Å². The van der Waals surface area contributed by atoms with Gasteiger partial charge in [0.15, 0.2) is 0 Å². The van der Waals surface area contributed by atoms with Crippen LogP contribution in [0.3, 0.4) is 0 Å². The molecule has 9 heteroatoms. The largest absolute Gasteiger partial charge is 0.390 e. The number of rotatable bonds is 12. The number of aliphatic hydroxyl groups is 1. The lowest BCUT2D eigenvalue weighted by Gasteiger charge is -2.39. The Morgan fingerprint density at radius 3 is 2.45 bits per heavy atom. The SMILES string of the molecule is CCNc1cc(C(=O)N[C@@H](Cc2ccccc2)[C@H](O)CNC2(CC)CCCCC2)cc(N2CCCCS2(=O)=O)c1. The summed E-state index contributed by atoms with van der Waals surface area (Å²) in [7, 11) is -3.43. The molecule has 2 aliphatic rings. The van der Waals surface area contributed by atoms with E-state index in [0.717, 1.165) is 31.2 Å². The van der Waals surface area contributed by atoms with Gasteiger partial charge in [0, 0.05) is 36.4 Å². The van der Waals surface area contributed by atoms with E-state index in [0.29, 0.717) is 49.4 Å². The Balaban J connectivity index is 1.56. The molecule has 4 rings (SSSR count). The van der Waals surface area contributed by atoms with E-state index in [2.05, 4.69) is 22.9 Å². The van der Waals surface area contributed by atoms with Crippen molar-refractivity contribution >= 4 is 27.3 Å². The molecule has 1 aliphatic carbocycles. The number of nitrogens with zero attached hydrogens (tertiary/aromatic N) is 1. The summed E-state index contributed by atoms with van der Waals surface area (Å²) >= 11 is 0. The lowest BCUT2D eigenvalue weighted by molar-refractivity contribution is 0.0788. The fourth-order valence-electron chi connectivity index (χ4n) is 6.02. The van der Waals surface area contributed by atoms with Gasteiger partial charge in [0.25, 0.3) is 5.91 Å². The van der Waals surface area contributed by atoms with Crippen LogP contribution in [0.4, 0.5) is 11.4 Å². The topological polar surface area (TPSA) is 111 Å². The van der Waals surface area contributed by atoms with Crippen molar-refractivity contribution in [3.8, 4) is 0 Å². The van der Waals surface area contributed by atoms with Crippen molar-refractivity contribution in [3.63, 3.8) is 0 Å². The zero-order valence-corrected chi connectivity index (χ0v) is 24.8. The number of hydrogen-bond donors (Lipinski definition) is 4. The number of β-amino-alcohol motifs (C(OH)–C–C–N with tert-alkyl or cyclic N) is 1. The number of amides is 1. The van der Waals surface area contributed by atoms with Crippen molar-refractivity contribution in [1.82, 2.24) is 10.6 Å². The average Bonchev–Trinajstić information content (AvgIpc) is 2.96. The number of aliphatic hydroxyl groups excluding tert-OH is 1. The maximum Gasteiger partial charge on any atom is 0.251 e. The summed E-state index contributed by atoms with van der Waals surface area (Å²) in [6, 6.07) is 14.5. The number of anilines is 2. The monoisotopic (exact) mass is 570 g/mol. The van der Waals surface area contributed by atoms with E-state index < -0.39 is 22.2 Å². The molecule has 1 amide bonds. The van der Waals surface area contributed by atoms with Crippen LogP contribution in [-0.2, 0) is 16.4 Å². The Bertz CT molecular complexity index is 1220. The molecule has 2 fully saturated rings. The predicted octanol–water partition coefficient (Wildman–Crippen LogP) is 4.45. The van der Waals surface area contributed by atoms with Crippen LogP contribution in [0, 0.1) is 0 Å². The second kappa shape index (κ2) is 13.8. The lowest BCUT2D eigenvalue weighted by Crippen LogP contribution is -2.54. The first-order valence-electron chi connectivity index (χ1n) is 14.9. The summed E-state index contributed by atoms with van der Waals surface area (Å²) in [4.78, 5) is 13.7. The van der Waals surface area contributed by atoms with Crippen LogP contribution in [0.2, 0.25) is 0 Å². The Labute approximate surface area is 240 Å². The van der Waals surface area contributed by atoms with E-state index in [9.17, 15) is 18.3 Å². The van der Waals surface area contributed by atoms with Gasteiger partial charge in [-0.25, -0.2) is 8.42 Å². The zero-order chi connectivity index (χ0) is 28.6. The highest BCUT2D eigenvalue weighted by Crippen LogP contribution is 2.31. The van der Waals surface area contributed by atoms with Gasteiger partial charge in [-0.15, -0.1) is 0 Å². The number of hydrogen-bond acceptors (Lipinski definition) is 6. The Morgan fingerprint density at radius 1 is 1.02 bits per heavy atom. The van der Waals surface area contributed by atoms with Gasteiger partial charge in [-0.1, -0.05) is 56.5 Å². The van der Waals surface area contributed by atoms with E-state index in [1.165, 1.54) is 23.6 Å². The van der Waals surface area contributed by atoms with E-state index in [-0.39, 0.29) is 17.2 Å². The fourth-order valence-corrected chi connectivity index (χ4v) is 7.64. The molecule has 1 saturated heterocycles. The summed E-state index contributed by atoms with van der Waals surface area (Å²) in [5.74, 6) is -0.226. The Hall–Kier alpha value is -2.62. The standard InChI is InChI=1S/C31H46N4O4S/c1-3-31(15-9-6-10-16-31)33-23-29(36)28(19-24-13-7-5-8-14-24)34-30(37)25-20-26(32-4-2)22-27(21-25)35-17-11-12-18-40(35,38)39/h5,7-8,13-14,20-22,28-29,32-33,36H,3-4,6,9-12,15-19,23H2,1-2H3,(H,34,37)/t28-,29+/m0/s1. The first-order valence-corrected chi connectivity index (χ1v) is 16.5. The van der Waals surface area contributed by atoms with Crippen LogP contribution in [-0.4, -0.2) is 62.5 Å². The smallest absolute Gasteiger partial charge is 0.251 e. The molecular formula is C31H46N4O4S. The van der Waals surface area contributed by atoms with Crippen molar-refractivity contribution in [2.75, 3.05) is 35.0 Å². The molecule has 1 saturated carbocycles. The summed E-state index contributed by atoms with van der Waals surface area (Å²) in [6.07, 6.45) is 7.96. The van der Waals surface area contributed by atoms with Gasteiger partial charge < -0.3 is 21.1 Å². The average molecular weight is 571 g/mol. The number of carbonyl (C=O) groups excluding carboxylic acids is 1. The molecule has 40 heavy (non-hydrogen) atoms. The van der Waals surface area contributed by atoms with Crippen molar-refractivity contribution in [2.45, 2.75) is 89.3 Å². The highest BCUT2D eigenvalue weighted by atomic mass is 32.2. The normalized spacial score (nSPS) is 19.9. The molecule has 2 aromatic rings. The van der Waals surface area contributed by atoms with Crippen LogP contribution >= 0.6 is 0 Å². The number of nitrogens with one attached hydrogen (secondary N) is 3. The van der Waals surface area contributed by atoms with Gasteiger partial charge in [-0.2, -0.15) is 0 Å². The zero-order valence-electron chi connectivity index (χ0n) is 24.0. The number of sulfonamides is 1. The van der Waals surface area contributed by atoms with Crippen molar-refractivity contribution in [1.29, 1.82) is 0 Å². The molecule has 0 radical (unpaired) electrons. The molecule has 0 aromatic heterocycles. The molecule has 0 spiro atoms. The highest BCUT2D eigenvalue weighted by molar-refractivity contribution is 7.92. The molecule has 2 aromatic carbocycles. The first-order chi connectivity index (χ1) is 19.2. The maximum absolute atomic E-state index is 13.7. The third-order valence-electron chi connectivity index (χ3n) is 8.45. The molecule has 0 bridgehead atoms. The Kier molecular flexibility index (Phi) is 10.5. The molecular weight excluding hydrogens is 524 g/mol. The first kappa shape index (κ1) is 30.3. The molecule has 4 N–H and O–H groups in total. The predicted molar refractivity (Wildman–Crippen MR) is 162 cm³/mol. The van der Waals surface area contributed by atoms with Crippen LogP contribution in [0.25, 0.3) is 0 Å². The van der Waals surface area contributed by atoms with Crippen LogP contribution in [0.5, 0.6) is 0 Å². The molecule has 2 atom stereocenters. The second-order valence-corrected chi connectivity index (χ2v) is 13.3. The summed E-state index contributed by atoms with van der Waals surface area (Å²) in [5, 5.41) is 21.4. The van der Waals surface area contributed by atoms with Gasteiger partial charge in [-0.05, 0) is 69.2 Å². The summed E-state index contributed by atoms with van der Waals surface area (Å²) in [6.45, 7) is 5.58. The maximum atomic E-state index is 13.7. The van der Waals surface area contributed by atoms with Gasteiger partial charge in [-0.3, -0.25) is 9.10 Å². The second-order valence-electron chi connectivity index (χ2n) is 11.3. The Morgan fingerprint density at radius 2 is 1.77 bits per heavy atom. The van der Waals surface area contributed by atoms with E-state index in [4.69, 9.17) is 0 Å². The van der Waals surface area contributed by atoms with Gasteiger partial charge >= 0.3 is 0 Å². The fraction of sp³-hybridized carbons (Fsp3) is 0.581. The van der Waals surface area contributed by atoms with Gasteiger partial charge in [0.1, 0.15) is 0 Å². The molecule has 0 unspecified atom stereocenters. The van der Waals surface area contributed by atoms with Crippen LogP contribution in [0.15, 0.2) is 48.5 Å². The van der Waals surface area contributed by atoms with Crippen LogP contribution < -0.4 is 20.3 Å². The third kappa shape index (κ3) is 7.77. The molecule has 8 nitrogen and oxygen atoms in total. The minimum Gasteiger partial charge on any atom is -0.390 e. The third-order valence-corrected chi connectivity index (χ3v) is 10.3. The van der Waals surface area contributed by atoms with E-state index >= 15 is 0 Å². The van der Waals surface area contributed by atoms with Crippen molar-refractivity contribution in [3.05, 3.63) is 59.7 Å². The van der Waals surface area contributed by atoms with E-state index in [1.54, 1.807) is 18.2 Å². The summed E-state index contributed by atoms with van der Waals surface area (Å²) in [5.41, 5.74) is 2.61. The lowest BCUT2D eigenvalue weighted by atomic mass is 9.79. The molecule has 1 aliphatic heterocycles. The number of carbonyl (C=O) groups is 1. The molecule has 1 heterocycles. The quantitative estimate of drug-likeness (QED) is 0.300. The van der Waals surface area contributed by atoms with Crippen LogP contribution in [0.1, 0.15) is 81.1 Å². The van der Waals surface area contributed by atoms with Crippen molar-refractivity contribution in [2.24, 2.45) is 0 Å². The molecule has 220 valence electrons. The summed E-state index contributed by atoms with van der Waals surface area (Å²) < 4.78 is 27.1. The minimum atomic E-state index is -3.43. The minimum absolute atomic E-state index is 0.0372.